The third-order valence-electron chi connectivity index (χ3n) is 9.90. The first kappa shape index (κ1) is 37.7. The second-order valence-electron chi connectivity index (χ2n) is 15.0. The molecule has 0 bridgehead atoms. The second kappa shape index (κ2) is 15.5. The lowest BCUT2D eigenvalue weighted by Crippen LogP contribution is -2.55. The number of nitrogens with one attached hydrogen (secondary N) is 2. The van der Waals surface area contributed by atoms with Crippen LogP contribution in [0, 0.1) is 11.2 Å². The number of carbonyl (C=O) groups excluding carboxylic acids is 3. The minimum atomic E-state index is -0.874. The molecule has 0 saturated carbocycles. The zero-order chi connectivity index (χ0) is 38.6. The molecule has 0 saturated heterocycles. The number of benzene rings is 4. The molecule has 4 aromatic carbocycles. The van der Waals surface area contributed by atoms with Gasteiger partial charge in [0, 0.05) is 35.5 Å². The van der Waals surface area contributed by atoms with Crippen LogP contribution in [0.4, 0.5) is 10.2 Å². The lowest BCUT2D eigenvalue weighted by atomic mass is 9.76. The van der Waals surface area contributed by atoms with Crippen LogP contribution >= 0.6 is 0 Å². The first-order chi connectivity index (χ1) is 25.8. The van der Waals surface area contributed by atoms with Crippen molar-refractivity contribution < 1.29 is 23.5 Å². The lowest BCUT2D eigenvalue weighted by Gasteiger charge is -2.37. The number of hydrogen-bond acceptors (Lipinski definition) is 5. The largest absolute Gasteiger partial charge is 0.496 e. The van der Waals surface area contributed by atoms with Crippen LogP contribution in [0.3, 0.4) is 0 Å². The molecule has 54 heavy (non-hydrogen) atoms. The van der Waals surface area contributed by atoms with Crippen LogP contribution in [0.25, 0.3) is 22.0 Å². The van der Waals surface area contributed by atoms with Crippen LogP contribution < -0.4 is 15.4 Å². The number of allylic oxidation sites excluding steroid dienone is 3. The van der Waals surface area contributed by atoms with Gasteiger partial charge in [0.25, 0.3) is 11.8 Å². The molecule has 2 unspecified atom stereocenters. The Hall–Kier alpha value is -6.09. The zero-order valence-electron chi connectivity index (χ0n) is 31.4. The van der Waals surface area contributed by atoms with E-state index in [1.54, 1.807) is 73.7 Å². The van der Waals surface area contributed by atoms with E-state index in [9.17, 15) is 18.8 Å². The fourth-order valence-electron chi connectivity index (χ4n) is 6.69. The maximum absolute atomic E-state index is 13.9. The van der Waals surface area contributed by atoms with Crippen LogP contribution in [0.1, 0.15) is 66.0 Å². The van der Waals surface area contributed by atoms with Gasteiger partial charge in [0.1, 0.15) is 23.4 Å². The summed E-state index contributed by atoms with van der Waals surface area (Å²) in [5, 5.41) is 6.64. The first-order valence-corrected chi connectivity index (χ1v) is 17.9. The number of methoxy groups -OCH3 is 1. The Bertz CT molecular complexity index is 2260. The summed E-state index contributed by atoms with van der Waals surface area (Å²) in [5.41, 5.74) is 4.18. The van der Waals surface area contributed by atoms with Crippen molar-refractivity contribution in [1.29, 1.82) is 0 Å². The van der Waals surface area contributed by atoms with Crippen molar-refractivity contribution >= 4 is 34.4 Å². The van der Waals surface area contributed by atoms with E-state index in [-0.39, 0.29) is 29.6 Å². The minimum Gasteiger partial charge on any atom is -0.496 e. The maximum Gasteiger partial charge on any atom is 0.257 e. The van der Waals surface area contributed by atoms with Gasteiger partial charge in [0.15, 0.2) is 0 Å². The molecule has 6 rings (SSSR count). The highest BCUT2D eigenvalue weighted by atomic mass is 19.1. The number of amides is 3. The minimum absolute atomic E-state index is 0.0138. The van der Waals surface area contributed by atoms with E-state index in [0.29, 0.717) is 45.6 Å². The predicted octanol–water partition coefficient (Wildman–Crippen LogP) is 8.88. The van der Waals surface area contributed by atoms with Crippen LogP contribution in [0.5, 0.6) is 5.75 Å². The summed E-state index contributed by atoms with van der Waals surface area (Å²) in [7, 11) is 3.26. The number of anilines is 1. The SMILES string of the molecule is COc1cccc(C(=O)Nc2ccc3cc(C(=O)NC(C(=O)N(C)Cc4ccc(F)cc4)C4(C)C=CC=CC4)ccc3n2)c1-c1ccc(C(C)(C)C)cc1. The second-order valence-corrected chi connectivity index (χ2v) is 15.0. The first-order valence-electron chi connectivity index (χ1n) is 17.9. The standard InChI is InChI=1S/C45H45FN4O4/c1-44(2,3)33-19-15-30(16-20-33)39-35(11-10-12-37(39)54-6)42(52)48-38-24-18-31-27-32(17-23-36(31)47-38)41(51)49-40(45(4)25-8-7-9-26-45)43(53)50(5)28-29-13-21-34(46)22-14-29/h7-25,27,40H,26,28H2,1-6H3,(H,49,51)(H,47,48,52). The van der Waals surface area contributed by atoms with Crippen molar-refractivity contribution in [3.63, 3.8) is 0 Å². The monoisotopic (exact) mass is 724 g/mol. The molecule has 0 fully saturated rings. The van der Waals surface area contributed by atoms with E-state index in [4.69, 9.17) is 4.74 Å². The number of aromatic nitrogens is 1. The Kier molecular flexibility index (Phi) is 10.8. The molecular weight excluding hydrogens is 680 g/mol. The molecule has 1 aliphatic rings. The van der Waals surface area contributed by atoms with E-state index >= 15 is 0 Å². The van der Waals surface area contributed by atoms with Gasteiger partial charge >= 0.3 is 0 Å². The molecule has 1 heterocycles. The fourth-order valence-corrected chi connectivity index (χ4v) is 6.69. The summed E-state index contributed by atoms with van der Waals surface area (Å²) in [4.78, 5) is 47.7. The summed E-state index contributed by atoms with van der Waals surface area (Å²) in [6, 6.07) is 27.2. The van der Waals surface area contributed by atoms with Crippen LogP contribution in [-0.4, -0.2) is 47.8 Å². The number of nitrogens with zero attached hydrogens (tertiary/aromatic N) is 2. The van der Waals surface area contributed by atoms with Crippen molar-refractivity contribution in [2.24, 2.45) is 5.41 Å². The summed E-state index contributed by atoms with van der Waals surface area (Å²) in [6.45, 7) is 8.66. The highest BCUT2D eigenvalue weighted by Crippen LogP contribution is 2.36. The lowest BCUT2D eigenvalue weighted by molar-refractivity contribution is -0.134. The molecule has 2 N–H and O–H groups in total. The molecule has 3 amide bonds. The van der Waals surface area contributed by atoms with Gasteiger partial charge in [0.05, 0.1) is 18.2 Å². The number of hydrogen-bond donors (Lipinski definition) is 2. The average molecular weight is 725 g/mol. The average Bonchev–Trinajstić information content (AvgIpc) is 3.16. The topological polar surface area (TPSA) is 101 Å². The Balaban J connectivity index is 1.21. The fraction of sp³-hybridized carbons (Fsp3) is 0.244. The van der Waals surface area contributed by atoms with E-state index < -0.39 is 17.4 Å². The Morgan fingerprint density at radius 1 is 0.926 bits per heavy atom. The molecule has 0 radical (unpaired) electrons. The third kappa shape index (κ3) is 8.26. The van der Waals surface area contributed by atoms with Gasteiger partial charge in [-0.2, -0.15) is 0 Å². The molecule has 5 aromatic rings. The van der Waals surface area contributed by atoms with Crippen molar-refractivity contribution in [3.8, 4) is 16.9 Å². The van der Waals surface area contributed by atoms with Gasteiger partial charge < -0.3 is 20.3 Å². The summed E-state index contributed by atoms with van der Waals surface area (Å²) >= 11 is 0. The molecule has 2 atom stereocenters. The number of carbonyl (C=O) groups is 3. The molecule has 0 aliphatic heterocycles. The van der Waals surface area contributed by atoms with Gasteiger partial charge in [-0.15, -0.1) is 0 Å². The quantitative estimate of drug-likeness (QED) is 0.150. The van der Waals surface area contributed by atoms with Crippen molar-refractivity contribution in [2.45, 2.75) is 52.1 Å². The van der Waals surface area contributed by atoms with Crippen LogP contribution in [0.15, 0.2) is 121 Å². The number of pyridine rings is 1. The smallest absolute Gasteiger partial charge is 0.257 e. The van der Waals surface area contributed by atoms with Gasteiger partial charge in [-0.3, -0.25) is 14.4 Å². The van der Waals surface area contributed by atoms with Gasteiger partial charge in [-0.05, 0) is 83.1 Å². The Morgan fingerprint density at radius 3 is 2.33 bits per heavy atom. The molecule has 1 aliphatic carbocycles. The van der Waals surface area contributed by atoms with Crippen molar-refractivity contribution in [3.05, 3.63) is 149 Å². The summed E-state index contributed by atoms with van der Waals surface area (Å²) in [6.07, 6.45) is 8.28. The molecule has 1 aromatic heterocycles. The third-order valence-corrected chi connectivity index (χ3v) is 9.90. The molecule has 0 spiro atoms. The molecule has 8 nitrogen and oxygen atoms in total. The highest BCUT2D eigenvalue weighted by Gasteiger charge is 2.40. The predicted molar refractivity (Wildman–Crippen MR) is 212 cm³/mol. The van der Waals surface area contributed by atoms with E-state index in [1.165, 1.54) is 17.7 Å². The van der Waals surface area contributed by atoms with E-state index in [2.05, 4.69) is 48.5 Å². The number of halogens is 1. The van der Waals surface area contributed by atoms with Gasteiger partial charge in [-0.1, -0.05) is 94.5 Å². The van der Waals surface area contributed by atoms with Crippen molar-refractivity contribution in [1.82, 2.24) is 15.2 Å². The van der Waals surface area contributed by atoms with Crippen LogP contribution in [-0.2, 0) is 16.8 Å². The van der Waals surface area contributed by atoms with Gasteiger partial charge in [-0.25, -0.2) is 9.37 Å². The summed E-state index contributed by atoms with van der Waals surface area (Å²) in [5.74, 6) is -0.436. The van der Waals surface area contributed by atoms with Gasteiger partial charge in [0.2, 0.25) is 5.91 Å². The summed E-state index contributed by atoms with van der Waals surface area (Å²) < 4.78 is 19.2. The van der Waals surface area contributed by atoms with E-state index in [0.717, 1.165) is 11.1 Å². The Morgan fingerprint density at radius 2 is 1.67 bits per heavy atom. The number of ether oxygens (including phenoxy) is 1. The molecular formula is C45H45FN4O4. The number of fused-ring (bicyclic) bond motifs is 1. The maximum atomic E-state index is 13.9. The zero-order valence-corrected chi connectivity index (χ0v) is 31.4. The highest BCUT2D eigenvalue weighted by molar-refractivity contribution is 6.09. The van der Waals surface area contributed by atoms with Crippen molar-refractivity contribution in [2.75, 3.05) is 19.5 Å². The van der Waals surface area contributed by atoms with Crippen LogP contribution in [0.2, 0.25) is 0 Å². The normalized spacial score (nSPS) is 15.8. The number of rotatable bonds is 10. The number of likely N-dealkylation sites (N-methyl/N-ethyl adjacent to an activating group) is 1. The Labute approximate surface area is 315 Å². The van der Waals surface area contributed by atoms with E-state index in [1.807, 2.05) is 49.4 Å². The molecule has 9 heteroatoms. The molecule has 276 valence electrons.